The van der Waals surface area contributed by atoms with Gasteiger partial charge in [-0.15, -0.1) is 0 Å². The zero-order valence-corrected chi connectivity index (χ0v) is 14.4. The van der Waals surface area contributed by atoms with E-state index in [1.165, 1.54) is 77.0 Å². The van der Waals surface area contributed by atoms with Crippen LogP contribution in [0.5, 0.6) is 0 Å². The Morgan fingerprint density at radius 1 is 1.10 bits per heavy atom. The molecule has 2 aliphatic carbocycles. The number of allylic oxidation sites excluding steroid dienone is 4. The Morgan fingerprint density at radius 2 is 1.90 bits per heavy atom. The minimum atomic E-state index is 0.755. The van der Waals surface area contributed by atoms with Crippen molar-refractivity contribution in [1.82, 2.24) is 0 Å². The zero-order chi connectivity index (χ0) is 14.9. The number of rotatable bonds is 8. The van der Waals surface area contributed by atoms with E-state index in [-0.39, 0.29) is 0 Å². The van der Waals surface area contributed by atoms with Crippen LogP contribution < -0.4 is 0 Å². The monoisotopic (exact) mass is 288 g/mol. The van der Waals surface area contributed by atoms with Crippen LogP contribution in [0.15, 0.2) is 23.8 Å². The fraction of sp³-hybridized carbons (Fsp3) is 0.810. The van der Waals surface area contributed by atoms with Crippen molar-refractivity contribution in [1.29, 1.82) is 0 Å². The van der Waals surface area contributed by atoms with Gasteiger partial charge in [0.2, 0.25) is 0 Å². The summed E-state index contributed by atoms with van der Waals surface area (Å²) in [4.78, 5) is 0. The first-order chi connectivity index (χ1) is 10.3. The summed E-state index contributed by atoms with van der Waals surface area (Å²) < 4.78 is 0. The van der Waals surface area contributed by atoms with Gasteiger partial charge < -0.3 is 0 Å². The van der Waals surface area contributed by atoms with Crippen molar-refractivity contribution in [3.8, 4) is 0 Å². The molecular weight excluding hydrogens is 252 g/mol. The minimum Gasteiger partial charge on any atom is -0.0837 e. The van der Waals surface area contributed by atoms with Crippen molar-refractivity contribution < 1.29 is 0 Å². The van der Waals surface area contributed by atoms with Gasteiger partial charge in [-0.05, 0) is 42.6 Å². The zero-order valence-electron chi connectivity index (χ0n) is 14.4. The van der Waals surface area contributed by atoms with Crippen LogP contribution in [0.2, 0.25) is 0 Å². The van der Waals surface area contributed by atoms with E-state index in [1.54, 1.807) is 5.57 Å². The fourth-order valence-electron chi connectivity index (χ4n) is 4.23. The highest BCUT2D eigenvalue weighted by Gasteiger charge is 2.15. The van der Waals surface area contributed by atoms with Gasteiger partial charge in [-0.2, -0.15) is 0 Å². The normalized spacial score (nSPS) is 24.9. The number of hydrogen-bond acceptors (Lipinski definition) is 0. The van der Waals surface area contributed by atoms with Crippen LogP contribution in [-0.2, 0) is 0 Å². The lowest BCUT2D eigenvalue weighted by atomic mass is 9.84. The van der Waals surface area contributed by atoms with E-state index < -0.39 is 0 Å². The summed E-state index contributed by atoms with van der Waals surface area (Å²) in [6.45, 7) is 4.71. The van der Waals surface area contributed by atoms with Crippen LogP contribution in [0, 0.1) is 17.8 Å². The lowest BCUT2D eigenvalue weighted by Crippen LogP contribution is -2.07. The maximum atomic E-state index is 2.52. The van der Waals surface area contributed by atoms with Crippen molar-refractivity contribution in [2.45, 2.75) is 90.9 Å². The molecule has 0 aromatic rings. The predicted octanol–water partition coefficient (Wildman–Crippen LogP) is 7.07. The van der Waals surface area contributed by atoms with Crippen molar-refractivity contribution in [2.75, 3.05) is 0 Å². The van der Waals surface area contributed by atoms with Gasteiger partial charge in [0.15, 0.2) is 0 Å². The van der Waals surface area contributed by atoms with E-state index in [9.17, 15) is 0 Å². The third kappa shape index (κ3) is 6.01. The van der Waals surface area contributed by atoms with Gasteiger partial charge >= 0.3 is 0 Å². The molecule has 1 fully saturated rings. The van der Waals surface area contributed by atoms with Gasteiger partial charge in [0, 0.05) is 0 Å². The van der Waals surface area contributed by atoms with E-state index in [1.807, 2.05) is 0 Å². The Morgan fingerprint density at radius 3 is 2.62 bits per heavy atom. The summed E-state index contributed by atoms with van der Waals surface area (Å²) in [5.41, 5.74) is 1.63. The molecule has 0 spiro atoms. The molecule has 120 valence electrons. The van der Waals surface area contributed by atoms with Crippen LogP contribution in [-0.4, -0.2) is 0 Å². The molecule has 1 saturated carbocycles. The van der Waals surface area contributed by atoms with Gasteiger partial charge in [-0.3, -0.25) is 0 Å². The van der Waals surface area contributed by atoms with E-state index in [0.717, 1.165) is 17.8 Å². The lowest BCUT2D eigenvalue weighted by molar-refractivity contribution is 0.326. The molecule has 2 unspecified atom stereocenters. The largest absolute Gasteiger partial charge is 0.0837 e. The van der Waals surface area contributed by atoms with Crippen LogP contribution in [0.1, 0.15) is 90.9 Å². The third-order valence-electron chi connectivity index (χ3n) is 5.65. The second kappa shape index (κ2) is 9.49. The molecule has 2 aliphatic rings. The summed E-state index contributed by atoms with van der Waals surface area (Å²) in [6.07, 6.45) is 24.7. The van der Waals surface area contributed by atoms with Gasteiger partial charge in [-0.1, -0.05) is 89.9 Å². The SMILES string of the molecule is CCC(CCCCCC1CCCCC1)C1=CC(C)CC=C1. The number of unbranched alkanes of at least 4 members (excludes halogenated alkanes) is 2. The predicted molar refractivity (Wildman–Crippen MR) is 94.4 cm³/mol. The van der Waals surface area contributed by atoms with Gasteiger partial charge in [0.25, 0.3) is 0 Å². The molecule has 0 heterocycles. The van der Waals surface area contributed by atoms with Crippen LogP contribution in [0.4, 0.5) is 0 Å². The first kappa shape index (κ1) is 16.8. The Kier molecular flexibility index (Phi) is 7.61. The first-order valence-electron chi connectivity index (χ1n) is 9.67. The van der Waals surface area contributed by atoms with E-state index in [0.29, 0.717) is 0 Å². The molecule has 0 nitrogen and oxygen atoms in total. The molecule has 0 bridgehead atoms. The average molecular weight is 289 g/mol. The maximum absolute atomic E-state index is 2.52. The number of hydrogen-bond donors (Lipinski definition) is 0. The summed E-state index contributed by atoms with van der Waals surface area (Å²) in [5, 5.41) is 0. The summed E-state index contributed by atoms with van der Waals surface area (Å²) in [5.74, 6) is 2.65. The van der Waals surface area contributed by atoms with Gasteiger partial charge in [0.1, 0.15) is 0 Å². The third-order valence-corrected chi connectivity index (χ3v) is 5.65. The van der Waals surface area contributed by atoms with E-state index in [4.69, 9.17) is 0 Å². The van der Waals surface area contributed by atoms with Crippen molar-refractivity contribution in [2.24, 2.45) is 17.8 Å². The molecule has 2 rings (SSSR count). The molecule has 0 radical (unpaired) electrons. The van der Waals surface area contributed by atoms with Crippen molar-refractivity contribution in [3.63, 3.8) is 0 Å². The maximum Gasteiger partial charge on any atom is -0.0168 e. The summed E-state index contributed by atoms with van der Waals surface area (Å²) in [6, 6.07) is 0. The Bertz CT molecular complexity index is 330. The molecule has 0 amide bonds. The molecule has 0 aliphatic heterocycles. The van der Waals surface area contributed by atoms with Crippen molar-refractivity contribution >= 4 is 0 Å². The van der Waals surface area contributed by atoms with Crippen LogP contribution in [0.25, 0.3) is 0 Å². The highest BCUT2D eigenvalue weighted by atomic mass is 14.2. The van der Waals surface area contributed by atoms with Gasteiger partial charge in [-0.25, -0.2) is 0 Å². The topological polar surface area (TPSA) is 0 Å². The highest BCUT2D eigenvalue weighted by Crippen LogP contribution is 2.30. The molecule has 0 saturated heterocycles. The van der Waals surface area contributed by atoms with Crippen LogP contribution in [0.3, 0.4) is 0 Å². The molecular formula is C21H36. The Hall–Kier alpha value is -0.520. The van der Waals surface area contributed by atoms with Crippen molar-refractivity contribution in [3.05, 3.63) is 23.8 Å². The van der Waals surface area contributed by atoms with Gasteiger partial charge in [0.05, 0.1) is 0 Å². The fourth-order valence-corrected chi connectivity index (χ4v) is 4.23. The molecule has 0 heteroatoms. The molecule has 0 N–H and O–H groups in total. The molecule has 21 heavy (non-hydrogen) atoms. The Labute approximate surface area is 133 Å². The highest BCUT2D eigenvalue weighted by molar-refractivity contribution is 5.26. The van der Waals surface area contributed by atoms with E-state index >= 15 is 0 Å². The Balaban J connectivity index is 1.61. The molecule has 0 aromatic carbocycles. The minimum absolute atomic E-state index is 0.755. The average Bonchev–Trinajstić information content (AvgIpc) is 2.52. The standard InChI is InChI=1S/C21H36/c1-3-20(21-16-10-11-18(2)17-21)15-9-5-8-14-19-12-6-4-7-13-19/h10,16-20H,3-9,11-15H2,1-2H3. The quantitative estimate of drug-likeness (QED) is 0.419. The smallest absolute Gasteiger partial charge is 0.0168 e. The van der Waals surface area contributed by atoms with E-state index in [2.05, 4.69) is 32.1 Å². The summed E-state index contributed by atoms with van der Waals surface area (Å²) in [7, 11) is 0. The van der Waals surface area contributed by atoms with Crippen LogP contribution >= 0.6 is 0 Å². The summed E-state index contributed by atoms with van der Waals surface area (Å²) >= 11 is 0. The first-order valence-corrected chi connectivity index (χ1v) is 9.67. The second-order valence-corrected chi connectivity index (χ2v) is 7.53. The second-order valence-electron chi connectivity index (χ2n) is 7.53. The molecule has 0 aromatic heterocycles. The molecule has 2 atom stereocenters. The lowest BCUT2D eigenvalue weighted by Gasteiger charge is -2.22.